The predicted molar refractivity (Wildman–Crippen MR) is 98.6 cm³/mol. The first-order chi connectivity index (χ1) is 12.2. The molecule has 0 radical (unpaired) electrons. The number of thiocarbonyl (C=S) groups is 1. The van der Waals surface area contributed by atoms with Crippen LogP contribution in [0.2, 0.25) is 0 Å². The highest BCUT2D eigenvalue weighted by atomic mass is 32.1. The Morgan fingerprint density at radius 3 is 2.35 bits per heavy atom. The van der Waals surface area contributed by atoms with Crippen LogP contribution in [0.1, 0.15) is 24.1 Å². The van der Waals surface area contributed by atoms with E-state index >= 15 is 0 Å². The summed E-state index contributed by atoms with van der Waals surface area (Å²) in [4.78, 5) is 0. The van der Waals surface area contributed by atoms with E-state index in [9.17, 15) is 13.2 Å². The molecule has 2 rings (SSSR count). The standard InChI is InChI=1S/C18H19F3N2O2S/c1-11-4-9-16(24-3)15(10-11)12(2)22-17(26)23-13-5-7-14(8-6-13)25-18(19,20)21/h4-10,12H,1-3H3,(H2,22,23,26)/t12-/m1/s1. The number of hydrogen-bond donors (Lipinski definition) is 2. The van der Waals surface area contributed by atoms with E-state index in [2.05, 4.69) is 15.4 Å². The van der Waals surface area contributed by atoms with Gasteiger partial charge in [-0.15, -0.1) is 13.2 Å². The van der Waals surface area contributed by atoms with E-state index < -0.39 is 6.36 Å². The highest BCUT2D eigenvalue weighted by Crippen LogP contribution is 2.27. The van der Waals surface area contributed by atoms with Crippen LogP contribution in [0.25, 0.3) is 0 Å². The minimum absolute atomic E-state index is 0.127. The normalized spacial score (nSPS) is 12.2. The van der Waals surface area contributed by atoms with Gasteiger partial charge in [-0.2, -0.15) is 0 Å². The minimum Gasteiger partial charge on any atom is -0.496 e. The summed E-state index contributed by atoms with van der Waals surface area (Å²) in [6.45, 7) is 3.92. The van der Waals surface area contributed by atoms with E-state index in [4.69, 9.17) is 17.0 Å². The number of methoxy groups -OCH3 is 1. The third kappa shape index (κ3) is 5.80. The second-order valence-corrected chi connectivity index (χ2v) is 6.05. The summed E-state index contributed by atoms with van der Waals surface area (Å²) in [5.74, 6) is 0.451. The molecule has 0 amide bonds. The fourth-order valence-corrected chi connectivity index (χ4v) is 2.67. The molecule has 8 heteroatoms. The Morgan fingerprint density at radius 1 is 1.12 bits per heavy atom. The van der Waals surface area contributed by atoms with Crippen LogP contribution < -0.4 is 20.1 Å². The first-order valence-electron chi connectivity index (χ1n) is 7.76. The number of alkyl halides is 3. The summed E-state index contributed by atoms with van der Waals surface area (Å²) >= 11 is 5.27. The third-order valence-electron chi connectivity index (χ3n) is 3.55. The summed E-state index contributed by atoms with van der Waals surface area (Å²) in [7, 11) is 1.60. The van der Waals surface area contributed by atoms with Crippen LogP contribution in [0.5, 0.6) is 11.5 Å². The average Bonchev–Trinajstić information content (AvgIpc) is 2.55. The van der Waals surface area contributed by atoms with E-state index in [0.29, 0.717) is 10.8 Å². The topological polar surface area (TPSA) is 42.5 Å². The van der Waals surface area contributed by atoms with Gasteiger partial charge in [0, 0.05) is 11.3 Å². The van der Waals surface area contributed by atoms with E-state index in [-0.39, 0.29) is 11.8 Å². The van der Waals surface area contributed by atoms with Crippen LogP contribution >= 0.6 is 12.2 Å². The van der Waals surface area contributed by atoms with Gasteiger partial charge in [-0.05, 0) is 56.4 Å². The summed E-state index contributed by atoms with van der Waals surface area (Å²) in [6.07, 6.45) is -4.71. The second kappa shape index (κ2) is 8.27. The minimum atomic E-state index is -4.71. The third-order valence-corrected chi connectivity index (χ3v) is 3.76. The number of rotatable bonds is 5. The summed E-state index contributed by atoms with van der Waals surface area (Å²) in [6, 6.07) is 11.0. The molecule has 140 valence electrons. The molecule has 0 saturated carbocycles. The zero-order chi connectivity index (χ0) is 19.3. The first-order valence-corrected chi connectivity index (χ1v) is 8.16. The Labute approximate surface area is 155 Å². The van der Waals surface area contributed by atoms with Crippen molar-refractivity contribution in [3.63, 3.8) is 0 Å². The van der Waals surface area contributed by atoms with E-state index in [1.54, 1.807) is 7.11 Å². The lowest BCUT2D eigenvalue weighted by atomic mass is 10.0. The molecule has 0 aliphatic heterocycles. The molecule has 4 nitrogen and oxygen atoms in total. The van der Waals surface area contributed by atoms with Gasteiger partial charge in [-0.3, -0.25) is 0 Å². The molecule has 0 saturated heterocycles. The summed E-state index contributed by atoms with van der Waals surface area (Å²) < 4.78 is 45.7. The fourth-order valence-electron chi connectivity index (χ4n) is 2.37. The number of aryl methyl sites for hydroxylation is 1. The Morgan fingerprint density at radius 2 is 1.77 bits per heavy atom. The molecule has 0 aliphatic rings. The molecular weight excluding hydrogens is 365 g/mol. The zero-order valence-electron chi connectivity index (χ0n) is 14.5. The molecule has 0 spiro atoms. The Hall–Kier alpha value is -2.48. The van der Waals surface area contributed by atoms with Gasteiger partial charge in [-0.25, -0.2) is 0 Å². The molecule has 0 bridgehead atoms. The maximum Gasteiger partial charge on any atom is 0.573 e. The van der Waals surface area contributed by atoms with Crippen molar-refractivity contribution in [1.82, 2.24) is 5.32 Å². The molecule has 0 fully saturated rings. The van der Waals surface area contributed by atoms with Gasteiger partial charge in [-0.1, -0.05) is 17.7 Å². The van der Waals surface area contributed by atoms with E-state index in [0.717, 1.165) is 16.9 Å². The molecule has 2 N–H and O–H groups in total. The molecule has 0 unspecified atom stereocenters. The highest BCUT2D eigenvalue weighted by molar-refractivity contribution is 7.80. The van der Waals surface area contributed by atoms with Crippen LogP contribution in [-0.4, -0.2) is 18.6 Å². The highest BCUT2D eigenvalue weighted by Gasteiger charge is 2.30. The molecular formula is C18H19F3N2O2S. The van der Waals surface area contributed by atoms with Crippen molar-refractivity contribution in [1.29, 1.82) is 0 Å². The Bertz CT molecular complexity index is 764. The lowest BCUT2D eigenvalue weighted by Crippen LogP contribution is -2.31. The number of nitrogens with one attached hydrogen (secondary N) is 2. The van der Waals surface area contributed by atoms with Crippen LogP contribution in [-0.2, 0) is 0 Å². The summed E-state index contributed by atoms with van der Waals surface area (Å²) in [5, 5.41) is 6.39. The molecule has 0 aliphatic carbocycles. The number of anilines is 1. The van der Waals surface area contributed by atoms with Gasteiger partial charge in [0.15, 0.2) is 5.11 Å². The lowest BCUT2D eigenvalue weighted by Gasteiger charge is -2.20. The maximum atomic E-state index is 12.2. The Balaban J connectivity index is 1.99. The molecule has 2 aromatic rings. The van der Waals surface area contributed by atoms with Gasteiger partial charge < -0.3 is 20.1 Å². The van der Waals surface area contributed by atoms with Gasteiger partial charge in [0.2, 0.25) is 0 Å². The van der Waals surface area contributed by atoms with Gasteiger partial charge in [0.25, 0.3) is 0 Å². The van der Waals surface area contributed by atoms with Crippen LogP contribution in [0.3, 0.4) is 0 Å². The van der Waals surface area contributed by atoms with E-state index in [1.165, 1.54) is 24.3 Å². The van der Waals surface area contributed by atoms with Crippen molar-refractivity contribution in [2.45, 2.75) is 26.3 Å². The average molecular weight is 384 g/mol. The van der Waals surface area contributed by atoms with Crippen molar-refractivity contribution in [2.24, 2.45) is 0 Å². The lowest BCUT2D eigenvalue weighted by molar-refractivity contribution is -0.274. The van der Waals surface area contributed by atoms with Gasteiger partial charge >= 0.3 is 6.36 Å². The van der Waals surface area contributed by atoms with Crippen molar-refractivity contribution in [3.05, 3.63) is 53.6 Å². The molecule has 26 heavy (non-hydrogen) atoms. The molecule has 0 heterocycles. The van der Waals surface area contributed by atoms with Crippen molar-refractivity contribution in [2.75, 3.05) is 12.4 Å². The van der Waals surface area contributed by atoms with E-state index in [1.807, 2.05) is 32.0 Å². The zero-order valence-corrected chi connectivity index (χ0v) is 15.3. The van der Waals surface area contributed by atoms with Crippen LogP contribution in [0.4, 0.5) is 18.9 Å². The fraction of sp³-hybridized carbons (Fsp3) is 0.278. The second-order valence-electron chi connectivity index (χ2n) is 5.64. The molecule has 0 aromatic heterocycles. The first kappa shape index (κ1) is 19.8. The van der Waals surface area contributed by atoms with Gasteiger partial charge in [0.05, 0.1) is 13.2 Å². The maximum absolute atomic E-state index is 12.2. The smallest absolute Gasteiger partial charge is 0.496 e. The van der Waals surface area contributed by atoms with Gasteiger partial charge in [0.1, 0.15) is 11.5 Å². The Kier molecular flexibility index (Phi) is 6.31. The monoisotopic (exact) mass is 384 g/mol. The largest absolute Gasteiger partial charge is 0.573 e. The molecule has 1 atom stereocenters. The van der Waals surface area contributed by atoms with Crippen molar-refractivity contribution in [3.8, 4) is 11.5 Å². The molecule has 2 aromatic carbocycles. The predicted octanol–water partition coefficient (Wildman–Crippen LogP) is 4.95. The van der Waals surface area contributed by atoms with Crippen molar-refractivity contribution >= 4 is 23.0 Å². The number of ether oxygens (including phenoxy) is 2. The number of hydrogen-bond acceptors (Lipinski definition) is 3. The number of benzene rings is 2. The SMILES string of the molecule is COc1ccc(C)cc1[C@@H](C)NC(=S)Nc1ccc(OC(F)(F)F)cc1. The van der Waals surface area contributed by atoms with Crippen LogP contribution in [0.15, 0.2) is 42.5 Å². The number of halogens is 3. The quantitative estimate of drug-likeness (QED) is 0.714. The summed E-state index contributed by atoms with van der Waals surface area (Å²) in [5.41, 5.74) is 2.58. The van der Waals surface area contributed by atoms with Crippen LogP contribution in [0, 0.1) is 6.92 Å². The van der Waals surface area contributed by atoms with Crippen molar-refractivity contribution < 1.29 is 22.6 Å².